The Morgan fingerprint density at radius 2 is 1.89 bits per heavy atom. The van der Waals surface area contributed by atoms with Crippen LogP contribution in [0.5, 0.6) is 0 Å². The molecule has 0 aromatic carbocycles. The summed E-state index contributed by atoms with van der Waals surface area (Å²) >= 11 is 0. The van der Waals surface area contributed by atoms with E-state index in [0.29, 0.717) is 18.8 Å². The van der Waals surface area contributed by atoms with Crippen LogP contribution in [0.15, 0.2) is 0 Å². The fraction of sp³-hybridized carbons (Fsp3) is 0.917. The molecule has 18 heavy (non-hydrogen) atoms. The molecule has 106 valence electrons. The highest BCUT2D eigenvalue weighted by Crippen LogP contribution is 2.32. The summed E-state index contributed by atoms with van der Waals surface area (Å²) in [6.45, 7) is 5.86. The molecule has 1 saturated heterocycles. The zero-order chi connectivity index (χ0) is 13.9. The Bertz CT molecular complexity index is 292. The number of amides is 1. The van der Waals surface area contributed by atoms with Crippen molar-refractivity contribution in [3.8, 4) is 0 Å². The average Bonchev–Trinajstić information content (AvgIpc) is 2.57. The Labute approximate surface area is 105 Å². The minimum atomic E-state index is -4.90. The molecule has 1 amide bonds. The molecule has 0 N–H and O–H groups in total. The normalized spacial score (nSPS) is 24.7. The van der Waals surface area contributed by atoms with Crippen LogP contribution in [0.1, 0.15) is 46.5 Å². The van der Waals surface area contributed by atoms with E-state index in [-0.39, 0.29) is 12.1 Å². The second-order valence-electron chi connectivity index (χ2n) is 5.14. The topological polar surface area (TPSA) is 29.5 Å². The molecular formula is C12H20F3NO2. The smallest absolute Gasteiger partial charge is 0.356 e. The SMILES string of the molecule is CCC1CCC(CC(C)C)N1C(=O)OC(F)(F)F. The van der Waals surface area contributed by atoms with Gasteiger partial charge in [-0.15, -0.1) is 13.2 Å². The van der Waals surface area contributed by atoms with Gasteiger partial charge in [0.1, 0.15) is 0 Å². The molecule has 2 atom stereocenters. The maximum atomic E-state index is 12.1. The Hall–Kier alpha value is -0.940. The molecule has 1 heterocycles. The third-order valence-corrected chi connectivity index (χ3v) is 3.25. The van der Waals surface area contributed by atoms with Gasteiger partial charge in [-0.05, 0) is 31.6 Å². The first-order chi connectivity index (χ1) is 8.24. The minimum Gasteiger partial charge on any atom is -0.356 e. The van der Waals surface area contributed by atoms with E-state index >= 15 is 0 Å². The number of halogens is 3. The van der Waals surface area contributed by atoms with Gasteiger partial charge in [0.05, 0.1) is 0 Å². The molecule has 6 heteroatoms. The highest BCUT2D eigenvalue weighted by Gasteiger charge is 2.42. The fourth-order valence-corrected chi connectivity index (χ4v) is 2.59. The van der Waals surface area contributed by atoms with Crippen molar-refractivity contribution in [2.75, 3.05) is 0 Å². The lowest BCUT2D eigenvalue weighted by Crippen LogP contribution is -2.43. The number of carbonyl (C=O) groups is 1. The van der Waals surface area contributed by atoms with Crippen molar-refractivity contribution in [1.29, 1.82) is 0 Å². The van der Waals surface area contributed by atoms with Crippen LogP contribution in [0.3, 0.4) is 0 Å². The number of hydrogen-bond donors (Lipinski definition) is 0. The van der Waals surface area contributed by atoms with Crippen molar-refractivity contribution in [1.82, 2.24) is 4.90 Å². The molecule has 1 fully saturated rings. The van der Waals surface area contributed by atoms with Crippen LogP contribution in [0.4, 0.5) is 18.0 Å². The molecule has 2 unspecified atom stereocenters. The number of nitrogens with zero attached hydrogens (tertiary/aromatic N) is 1. The highest BCUT2D eigenvalue weighted by molar-refractivity contribution is 5.69. The van der Waals surface area contributed by atoms with Gasteiger partial charge in [0, 0.05) is 12.1 Å². The van der Waals surface area contributed by atoms with Crippen molar-refractivity contribution >= 4 is 6.09 Å². The van der Waals surface area contributed by atoms with Gasteiger partial charge in [-0.3, -0.25) is 0 Å². The summed E-state index contributed by atoms with van der Waals surface area (Å²) in [4.78, 5) is 12.9. The molecule has 0 aliphatic carbocycles. The molecule has 3 nitrogen and oxygen atoms in total. The van der Waals surface area contributed by atoms with Crippen molar-refractivity contribution in [3.05, 3.63) is 0 Å². The van der Waals surface area contributed by atoms with E-state index in [1.54, 1.807) is 0 Å². The Balaban J connectivity index is 2.74. The number of likely N-dealkylation sites (tertiary alicyclic amines) is 1. The third-order valence-electron chi connectivity index (χ3n) is 3.25. The predicted molar refractivity (Wildman–Crippen MR) is 60.9 cm³/mol. The van der Waals surface area contributed by atoms with Crippen LogP contribution in [-0.4, -0.2) is 29.4 Å². The van der Waals surface area contributed by atoms with E-state index in [1.807, 2.05) is 20.8 Å². The number of hydrogen-bond acceptors (Lipinski definition) is 2. The molecule has 1 aliphatic heterocycles. The largest absolute Gasteiger partial charge is 0.576 e. The first-order valence-corrected chi connectivity index (χ1v) is 6.32. The summed E-state index contributed by atoms with van der Waals surface area (Å²) < 4.78 is 39.9. The lowest BCUT2D eigenvalue weighted by atomic mass is 10.0. The predicted octanol–water partition coefficient (Wildman–Crippen LogP) is 3.93. The maximum absolute atomic E-state index is 12.1. The van der Waals surface area contributed by atoms with Crippen molar-refractivity contribution < 1.29 is 22.7 Å². The summed E-state index contributed by atoms with van der Waals surface area (Å²) in [5.41, 5.74) is 0. The lowest BCUT2D eigenvalue weighted by molar-refractivity contribution is -0.295. The highest BCUT2D eigenvalue weighted by atomic mass is 19.4. The molecule has 0 bridgehead atoms. The molecule has 1 aliphatic rings. The zero-order valence-corrected chi connectivity index (χ0v) is 11.0. The fourth-order valence-electron chi connectivity index (χ4n) is 2.59. The number of carbonyl (C=O) groups excluding carboxylic acids is 1. The molecule has 0 aromatic heterocycles. The molecule has 0 aromatic rings. The molecular weight excluding hydrogens is 247 g/mol. The van der Waals surface area contributed by atoms with Crippen LogP contribution >= 0.6 is 0 Å². The van der Waals surface area contributed by atoms with E-state index < -0.39 is 12.5 Å². The first-order valence-electron chi connectivity index (χ1n) is 6.32. The second kappa shape index (κ2) is 5.80. The van der Waals surface area contributed by atoms with Gasteiger partial charge in [0.15, 0.2) is 0 Å². The zero-order valence-electron chi connectivity index (χ0n) is 11.0. The van der Waals surface area contributed by atoms with Gasteiger partial charge in [-0.25, -0.2) is 4.79 Å². The van der Waals surface area contributed by atoms with Crippen molar-refractivity contribution in [2.24, 2.45) is 5.92 Å². The van der Waals surface area contributed by atoms with Crippen molar-refractivity contribution in [2.45, 2.75) is 64.9 Å². The quantitative estimate of drug-likeness (QED) is 0.775. The standard InChI is InChI=1S/C12H20F3NO2/c1-4-9-5-6-10(7-8(2)3)16(9)11(17)18-12(13,14)15/h8-10H,4-7H2,1-3H3. The van der Waals surface area contributed by atoms with E-state index in [2.05, 4.69) is 4.74 Å². The lowest BCUT2D eigenvalue weighted by Gasteiger charge is -2.30. The van der Waals surface area contributed by atoms with Gasteiger partial charge < -0.3 is 9.64 Å². The number of alkyl halides is 3. The van der Waals surface area contributed by atoms with Crippen LogP contribution in [0.2, 0.25) is 0 Å². The van der Waals surface area contributed by atoms with Gasteiger partial charge in [-0.2, -0.15) is 0 Å². The first kappa shape index (κ1) is 15.1. The van der Waals surface area contributed by atoms with E-state index in [1.165, 1.54) is 4.90 Å². The number of ether oxygens (including phenoxy) is 1. The van der Waals surface area contributed by atoms with Crippen LogP contribution in [-0.2, 0) is 4.74 Å². The Morgan fingerprint density at radius 1 is 1.33 bits per heavy atom. The third kappa shape index (κ3) is 4.07. The maximum Gasteiger partial charge on any atom is 0.576 e. The Kier molecular flexibility index (Phi) is 4.87. The molecule has 1 rings (SSSR count). The molecule has 0 radical (unpaired) electrons. The van der Waals surface area contributed by atoms with Crippen LogP contribution in [0, 0.1) is 5.92 Å². The summed E-state index contributed by atoms with van der Waals surface area (Å²) in [7, 11) is 0. The summed E-state index contributed by atoms with van der Waals surface area (Å²) in [6, 6.07) is -0.270. The van der Waals surface area contributed by atoms with Crippen LogP contribution < -0.4 is 0 Å². The van der Waals surface area contributed by atoms with E-state index in [0.717, 1.165) is 12.8 Å². The summed E-state index contributed by atoms with van der Waals surface area (Å²) in [5, 5.41) is 0. The van der Waals surface area contributed by atoms with E-state index in [4.69, 9.17) is 0 Å². The monoisotopic (exact) mass is 267 g/mol. The van der Waals surface area contributed by atoms with Gasteiger partial charge in [0.2, 0.25) is 0 Å². The summed E-state index contributed by atoms with van der Waals surface area (Å²) in [6.07, 6.45) is -3.28. The van der Waals surface area contributed by atoms with Crippen LogP contribution in [0.25, 0.3) is 0 Å². The van der Waals surface area contributed by atoms with Crippen molar-refractivity contribution in [3.63, 3.8) is 0 Å². The molecule has 0 spiro atoms. The minimum absolute atomic E-state index is 0.134. The summed E-state index contributed by atoms with van der Waals surface area (Å²) in [5.74, 6) is 0.340. The van der Waals surface area contributed by atoms with Gasteiger partial charge >= 0.3 is 12.5 Å². The van der Waals surface area contributed by atoms with E-state index in [9.17, 15) is 18.0 Å². The Morgan fingerprint density at radius 3 is 2.33 bits per heavy atom. The number of rotatable bonds is 3. The molecule has 0 saturated carbocycles. The van der Waals surface area contributed by atoms with Gasteiger partial charge in [0.25, 0.3) is 0 Å². The second-order valence-corrected chi connectivity index (χ2v) is 5.14. The van der Waals surface area contributed by atoms with Gasteiger partial charge in [-0.1, -0.05) is 20.8 Å². The average molecular weight is 267 g/mol.